The molecule has 2 atom stereocenters. The van der Waals surface area contributed by atoms with Crippen molar-refractivity contribution in [2.45, 2.75) is 57.8 Å². The Morgan fingerprint density at radius 3 is 2.28 bits per heavy atom. The molecule has 0 bridgehead atoms. The Balaban J connectivity index is 1.88. The van der Waals surface area contributed by atoms with Crippen LogP contribution < -0.4 is 10.1 Å². The third-order valence-corrected chi connectivity index (χ3v) is 7.13. The molecule has 0 aliphatic carbocycles. The molecule has 0 fully saturated rings. The van der Waals surface area contributed by atoms with Gasteiger partial charge >= 0.3 is 5.97 Å². The molecule has 4 aromatic rings. The minimum atomic E-state index is -1.20. The van der Waals surface area contributed by atoms with Crippen LogP contribution in [0.5, 0.6) is 5.75 Å². The number of nitrogens with one attached hydrogen (secondary N) is 1. The maximum absolute atomic E-state index is 14.2. The average molecular weight is 590 g/mol. The Bertz CT molecular complexity index is 1540. The second-order valence-corrected chi connectivity index (χ2v) is 10.7. The molecular weight excluding hydrogens is 553 g/mol. The number of carboxylic acid groups (broad SMARTS) is 1. The fraction of sp³-hybridized carbons (Fsp3) is 0.303. The van der Waals surface area contributed by atoms with Crippen LogP contribution in [-0.2, 0) is 11.3 Å². The van der Waals surface area contributed by atoms with Gasteiger partial charge in [-0.15, -0.1) is 0 Å². The van der Waals surface area contributed by atoms with Gasteiger partial charge in [-0.1, -0.05) is 19.9 Å². The van der Waals surface area contributed by atoms with Crippen LogP contribution in [0.1, 0.15) is 55.1 Å². The zero-order valence-corrected chi connectivity index (χ0v) is 24.3. The number of pyridine rings is 1. The standard InChI is InChI=1S/C33H36FN3O6/c1-20(2)31-30(33(42)36-24-10-12-27(43-3)13-11-24)29(22-5-4-15-35-19-22)32(21-6-8-23(34)9-7-21)37(31)16-14-25(38)17-26(39)18-28(40)41/h4-13,15,19-20,25-26,38-39H,14,16-18H2,1-3H3,(H,36,42)(H,40,41)/t25-,26-/m1/s1. The summed E-state index contributed by atoms with van der Waals surface area (Å²) in [7, 11) is 1.56. The molecule has 0 aliphatic rings. The van der Waals surface area contributed by atoms with E-state index in [9.17, 15) is 24.2 Å². The lowest BCUT2D eigenvalue weighted by molar-refractivity contribution is -0.139. The summed E-state index contributed by atoms with van der Waals surface area (Å²) in [4.78, 5) is 29.4. The van der Waals surface area contributed by atoms with Gasteiger partial charge in [-0.05, 0) is 78.9 Å². The smallest absolute Gasteiger partial charge is 0.305 e. The molecule has 226 valence electrons. The number of aliphatic hydroxyl groups is 2. The van der Waals surface area contributed by atoms with Gasteiger partial charge in [0.25, 0.3) is 5.91 Å². The first-order chi connectivity index (χ1) is 20.6. The number of carbonyl (C=O) groups excluding carboxylic acids is 1. The monoisotopic (exact) mass is 589 g/mol. The molecule has 1 amide bonds. The molecule has 0 saturated carbocycles. The van der Waals surface area contributed by atoms with Crippen LogP contribution >= 0.6 is 0 Å². The van der Waals surface area contributed by atoms with Gasteiger partial charge in [0, 0.05) is 41.4 Å². The summed E-state index contributed by atoms with van der Waals surface area (Å²) in [6.07, 6.45) is 0.683. The molecular formula is C33H36FN3O6. The Morgan fingerprint density at radius 2 is 1.70 bits per heavy atom. The van der Waals surface area contributed by atoms with Crippen LogP contribution in [0.3, 0.4) is 0 Å². The Morgan fingerprint density at radius 1 is 1.00 bits per heavy atom. The van der Waals surface area contributed by atoms with E-state index in [1.54, 1.807) is 62.0 Å². The van der Waals surface area contributed by atoms with Crippen LogP contribution in [-0.4, -0.2) is 56.1 Å². The number of hydrogen-bond acceptors (Lipinski definition) is 6. The molecule has 9 nitrogen and oxygen atoms in total. The fourth-order valence-electron chi connectivity index (χ4n) is 5.26. The van der Waals surface area contributed by atoms with Crippen molar-refractivity contribution in [3.05, 3.63) is 90.1 Å². The Kier molecular flexibility index (Phi) is 10.3. The zero-order valence-electron chi connectivity index (χ0n) is 24.3. The number of benzene rings is 2. The minimum Gasteiger partial charge on any atom is -0.497 e. The summed E-state index contributed by atoms with van der Waals surface area (Å²) in [5.41, 5.74) is 4.27. The van der Waals surface area contributed by atoms with E-state index in [2.05, 4.69) is 10.3 Å². The lowest BCUT2D eigenvalue weighted by atomic mass is 9.95. The van der Waals surface area contributed by atoms with E-state index in [1.807, 2.05) is 24.5 Å². The number of nitrogens with zero attached hydrogens (tertiary/aromatic N) is 2. The van der Waals surface area contributed by atoms with Crippen LogP contribution in [0.4, 0.5) is 10.1 Å². The molecule has 0 unspecified atom stereocenters. The minimum absolute atomic E-state index is 0.114. The second-order valence-electron chi connectivity index (χ2n) is 10.7. The molecule has 0 saturated heterocycles. The number of carboxylic acids is 1. The van der Waals surface area contributed by atoms with Gasteiger partial charge in [0.05, 0.1) is 37.0 Å². The summed E-state index contributed by atoms with van der Waals surface area (Å²) in [5.74, 6) is -1.43. The molecule has 10 heteroatoms. The van der Waals surface area contributed by atoms with Gasteiger partial charge in [-0.2, -0.15) is 0 Å². The molecule has 2 aromatic heterocycles. The van der Waals surface area contributed by atoms with Crippen LogP contribution in [0.25, 0.3) is 22.4 Å². The number of aromatic nitrogens is 2. The summed E-state index contributed by atoms with van der Waals surface area (Å²) in [6.45, 7) is 4.17. The predicted molar refractivity (Wildman–Crippen MR) is 162 cm³/mol. The normalized spacial score (nSPS) is 12.6. The first-order valence-electron chi connectivity index (χ1n) is 14.0. The van der Waals surface area contributed by atoms with E-state index in [4.69, 9.17) is 9.84 Å². The fourth-order valence-corrected chi connectivity index (χ4v) is 5.26. The molecule has 0 radical (unpaired) electrons. The van der Waals surface area contributed by atoms with Crippen molar-refractivity contribution in [1.82, 2.24) is 9.55 Å². The SMILES string of the molecule is COc1ccc(NC(=O)c2c(-c3cccnc3)c(-c3ccc(F)cc3)n(CC[C@@H](O)C[C@@H](O)CC(=O)O)c2C(C)C)cc1. The van der Waals surface area contributed by atoms with E-state index < -0.39 is 30.4 Å². The number of aliphatic carboxylic acids is 1. The predicted octanol–water partition coefficient (Wildman–Crippen LogP) is 5.72. The van der Waals surface area contributed by atoms with Gasteiger partial charge in [0.1, 0.15) is 11.6 Å². The maximum atomic E-state index is 14.2. The number of methoxy groups -OCH3 is 1. The third kappa shape index (κ3) is 7.65. The second kappa shape index (κ2) is 14.1. The first-order valence-corrected chi connectivity index (χ1v) is 14.0. The number of halogens is 1. The highest BCUT2D eigenvalue weighted by Crippen LogP contribution is 2.42. The maximum Gasteiger partial charge on any atom is 0.305 e. The number of rotatable bonds is 13. The van der Waals surface area contributed by atoms with E-state index in [0.717, 1.165) is 0 Å². The zero-order chi connectivity index (χ0) is 31.1. The van der Waals surface area contributed by atoms with Gasteiger partial charge in [0.15, 0.2) is 0 Å². The quantitative estimate of drug-likeness (QED) is 0.157. The molecule has 2 aromatic carbocycles. The van der Waals surface area contributed by atoms with Crippen LogP contribution in [0, 0.1) is 5.82 Å². The average Bonchev–Trinajstić information content (AvgIpc) is 3.32. The van der Waals surface area contributed by atoms with Gasteiger partial charge < -0.3 is 29.9 Å². The summed E-state index contributed by atoms with van der Waals surface area (Å²) >= 11 is 0. The molecule has 0 spiro atoms. The number of ether oxygens (including phenoxy) is 1. The van der Waals surface area contributed by atoms with Crippen molar-refractivity contribution in [2.24, 2.45) is 0 Å². The number of carbonyl (C=O) groups is 2. The molecule has 43 heavy (non-hydrogen) atoms. The topological polar surface area (TPSA) is 134 Å². The van der Waals surface area contributed by atoms with Gasteiger partial charge in [-0.3, -0.25) is 14.6 Å². The summed E-state index contributed by atoms with van der Waals surface area (Å²) in [6, 6.07) is 16.6. The molecule has 4 rings (SSSR count). The van der Waals surface area contributed by atoms with Gasteiger partial charge in [-0.25, -0.2) is 4.39 Å². The summed E-state index contributed by atoms with van der Waals surface area (Å²) in [5, 5.41) is 32.8. The lowest BCUT2D eigenvalue weighted by Crippen LogP contribution is -2.22. The highest BCUT2D eigenvalue weighted by Gasteiger charge is 2.31. The molecule has 2 heterocycles. The van der Waals surface area contributed by atoms with E-state index in [0.29, 0.717) is 45.1 Å². The van der Waals surface area contributed by atoms with Crippen molar-refractivity contribution in [1.29, 1.82) is 0 Å². The number of anilines is 1. The molecule has 0 aliphatic heterocycles. The van der Waals surface area contributed by atoms with Gasteiger partial charge in [0.2, 0.25) is 0 Å². The van der Waals surface area contributed by atoms with Crippen LogP contribution in [0.15, 0.2) is 73.1 Å². The third-order valence-electron chi connectivity index (χ3n) is 7.13. The Labute approximate surface area is 249 Å². The number of hydrogen-bond donors (Lipinski definition) is 4. The first kappa shape index (κ1) is 31.4. The van der Waals surface area contributed by atoms with Crippen molar-refractivity contribution >= 4 is 17.6 Å². The van der Waals surface area contributed by atoms with E-state index in [-0.39, 0.29) is 31.2 Å². The lowest BCUT2D eigenvalue weighted by Gasteiger charge is -2.20. The van der Waals surface area contributed by atoms with Crippen molar-refractivity contribution in [3.63, 3.8) is 0 Å². The largest absolute Gasteiger partial charge is 0.497 e. The van der Waals surface area contributed by atoms with Crippen molar-refractivity contribution in [2.75, 3.05) is 12.4 Å². The van der Waals surface area contributed by atoms with E-state index >= 15 is 0 Å². The van der Waals surface area contributed by atoms with Crippen molar-refractivity contribution < 1.29 is 34.0 Å². The molecule has 4 N–H and O–H groups in total. The summed E-state index contributed by atoms with van der Waals surface area (Å²) < 4.78 is 21.2. The number of amides is 1. The highest BCUT2D eigenvalue weighted by atomic mass is 19.1. The van der Waals surface area contributed by atoms with Crippen molar-refractivity contribution in [3.8, 4) is 28.1 Å². The highest BCUT2D eigenvalue weighted by molar-refractivity contribution is 6.12. The number of aliphatic hydroxyl groups excluding tert-OH is 2. The Hall–Kier alpha value is -4.54. The van der Waals surface area contributed by atoms with Crippen LogP contribution in [0.2, 0.25) is 0 Å². The van der Waals surface area contributed by atoms with E-state index in [1.165, 1.54) is 12.1 Å².